The molecular weight excluding hydrogens is 1070 g/mol. The first-order valence-corrected chi connectivity index (χ1v) is 29.0. The summed E-state index contributed by atoms with van der Waals surface area (Å²) in [4.78, 5) is 98.8. The Morgan fingerprint density at radius 2 is 1.21 bits per heavy atom. The van der Waals surface area contributed by atoms with Gasteiger partial charge in [0.05, 0.1) is 62.0 Å². The van der Waals surface area contributed by atoms with Crippen LogP contribution in [0.4, 0.5) is 22.7 Å². The first-order valence-electron chi connectivity index (χ1n) is 29.0. The van der Waals surface area contributed by atoms with E-state index < -0.39 is 23.9 Å². The summed E-state index contributed by atoms with van der Waals surface area (Å²) in [6, 6.07) is 20.4. The quantitative estimate of drug-likeness (QED) is 0.0607. The number of ether oxygens (including phenoxy) is 4. The summed E-state index contributed by atoms with van der Waals surface area (Å²) in [7, 11) is 5.21. The fourth-order valence-corrected chi connectivity index (χ4v) is 11.1. The van der Waals surface area contributed by atoms with Crippen LogP contribution in [0, 0.1) is 5.92 Å². The van der Waals surface area contributed by atoms with Gasteiger partial charge in [0.1, 0.15) is 12.1 Å². The maximum atomic E-state index is 14.2. The monoisotopic (exact) mass is 1140 g/mol. The van der Waals surface area contributed by atoms with Gasteiger partial charge in [-0.25, -0.2) is 0 Å². The van der Waals surface area contributed by atoms with E-state index in [0.29, 0.717) is 90.0 Å². The van der Waals surface area contributed by atoms with Crippen molar-refractivity contribution in [2.45, 2.75) is 89.9 Å². The van der Waals surface area contributed by atoms with Crippen molar-refractivity contribution in [1.29, 1.82) is 0 Å². The van der Waals surface area contributed by atoms with Crippen LogP contribution >= 0.6 is 0 Å². The summed E-state index contributed by atoms with van der Waals surface area (Å²) in [6.45, 7) is 11.1. The van der Waals surface area contributed by atoms with Crippen molar-refractivity contribution in [2.75, 3.05) is 84.0 Å². The Bertz CT molecular complexity index is 3310. The van der Waals surface area contributed by atoms with E-state index in [1.54, 1.807) is 77.4 Å². The smallest absolute Gasteiger partial charge is 0.260 e. The molecule has 1 unspecified atom stereocenters. The number of hydrogen-bond donors (Lipinski definition) is 3. The minimum Gasteiger partial charge on any atom is -0.493 e. The average molecular weight is 1140 g/mol. The average Bonchev–Trinajstić information content (AvgIpc) is 4.41. The van der Waals surface area contributed by atoms with Crippen LogP contribution in [0.2, 0.25) is 0 Å². The lowest BCUT2D eigenvalue weighted by Gasteiger charge is -2.34. The van der Waals surface area contributed by atoms with Crippen LogP contribution in [0.25, 0.3) is 11.1 Å². The van der Waals surface area contributed by atoms with E-state index in [2.05, 4.69) is 57.1 Å². The van der Waals surface area contributed by atoms with Gasteiger partial charge in [0.2, 0.25) is 23.6 Å². The van der Waals surface area contributed by atoms with Crippen LogP contribution in [0.5, 0.6) is 23.0 Å². The summed E-state index contributed by atoms with van der Waals surface area (Å²) in [5.41, 5.74) is 7.41. The van der Waals surface area contributed by atoms with Gasteiger partial charge < -0.3 is 59.4 Å². The van der Waals surface area contributed by atoms with Gasteiger partial charge in [-0.2, -0.15) is 0 Å². The van der Waals surface area contributed by atoms with E-state index in [4.69, 9.17) is 28.9 Å². The Balaban J connectivity index is 0.684. The maximum absolute atomic E-state index is 14.2. The minimum atomic E-state index is -0.895. The molecule has 6 heterocycles. The van der Waals surface area contributed by atoms with Crippen molar-refractivity contribution >= 4 is 81.8 Å². The Morgan fingerprint density at radius 3 is 1.74 bits per heavy atom. The summed E-state index contributed by atoms with van der Waals surface area (Å²) >= 11 is 0. The van der Waals surface area contributed by atoms with E-state index in [1.807, 2.05) is 50.7 Å². The molecule has 6 amide bonds. The lowest BCUT2D eigenvalue weighted by atomic mass is 10.0. The van der Waals surface area contributed by atoms with E-state index in [0.717, 1.165) is 61.3 Å². The molecule has 4 atom stereocenters. The molecule has 0 aromatic heterocycles. The second kappa shape index (κ2) is 26.2. The third-order valence-corrected chi connectivity index (χ3v) is 16.1. The van der Waals surface area contributed by atoms with Crippen LogP contribution in [-0.2, 0) is 19.2 Å². The molecule has 0 radical (unpaired) electrons. The number of methoxy groups -OCH3 is 2. The number of likely N-dealkylation sites (N-methyl/N-ethyl adjacent to an activating group) is 1. The first-order chi connectivity index (χ1) is 40.6. The van der Waals surface area contributed by atoms with Crippen LogP contribution < -0.4 is 39.8 Å². The van der Waals surface area contributed by atoms with E-state index in [1.165, 1.54) is 12.8 Å². The number of fused-ring (bicyclic) bond motifs is 4. The van der Waals surface area contributed by atoms with Crippen molar-refractivity contribution in [3.63, 3.8) is 0 Å². The van der Waals surface area contributed by atoms with Gasteiger partial charge in [0.15, 0.2) is 23.0 Å². The normalized spacial score (nSPS) is 18.7. The molecule has 0 spiro atoms. The number of amides is 6. The number of aliphatic imine (C=N–C) groups is 2. The van der Waals surface area contributed by atoms with Gasteiger partial charge in [-0.3, -0.25) is 38.8 Å². The van der Waals surface area contributed by atoms with Crippen molar-refractivity contribution < 1.29 is 47.7 Å². The number of nitrogens with zero attached hydrogens (tertiary/aromatic N) is 7. The van der Waals surface area contributed by atoms with E-state index in [9.17, 15) is 28.8 Å². The van der Waals surface area contributed by atoms with Crippen LogP contribution in [0.1, 0.15) is 97.6 Å². The Morgan fingerprint density at radius 1 is 0.655 bits per heavy atom. The van der Waals surface area contributed by atoms with Gasteiger partial charge in [-0.1, -0.05) is 50.6 Å². The highest BCUT2D eigenvalue weighted by atomic mass is 16.5. The standard InChI is InChI=1S/C64H74N10O10/c1-40(2)60(69-58(75)12-8-7-9-22-72-23-10-13-59(72)76)62(78)67-41(3)61(77)68-46-18-14-42(15-19-46)44-30-48-36-65-52-34-56(54(81-5)32-50(52)63(79)73(48)38-44)83-28-11-29-84-57-35-53-51(33-55(57)82-6)64(80)74-39-45(31-49(74)37-66-53)43-16-20-47(21-17-43)71-26-24-70(4)25-27-71/h10,13-21,32-41,48-49,60H,7-9,11-12,22-31H2,1-6H3,(H,67,78)(H,68,77)(H,69,75)/t41-,48-,49-,60?/m0/s1. The van der Waals surface area contributed by atoms with E-state index >= 15 is 0 Å². The SMILES string of the molecule is COc1cc2c(cc1OCCCOc1cc3c(cc1OC)C(=O)N1C=C(c4ccc(N5CCN(C)CC5)cc4)C[C@H]1C=N3)N=C[C@@H]1CC(c3ccc(NC(=O)[C@H](C)NC(=O)C(NC(=O)CCCCCN4CC=CC4=O)C(C)C)cc3)=CN1C2=O. The number of hydrogen-bond acceptors (Lipinski definition) is 14. The molecule has 0 saturated carbocycles. The molecule has 1 saturated heterocycles. The molecule has 1 fully saturated rings. The first kappa shape index (κ1) is 58.4. The second-order valence-corrected chi connectivity index (χ2v) is 22.3. The van der Waals surface area contributed by atoms with Gasteiger partial charge in [-0.05, 0) is 91.4 Å². The summed E-state index contributed by atoms with van der Waals surface area (Å²) in [6.07, 6.45) is 14.9. The number of piperazine rings is 1. The lowest BCUT2D eigenvalue weighted by molar-refractivity contribution is -0.131. The number of carbonyl (C=O) groups excluding carboxylic acids is 6. The molecule has 20 nitrogen and oxygen atoms in total. The van der Waals surface area contributed by atoms with Crippen molar-refractivity contribution in [3.8, 4) is 23.0 Å². The van der Waals surface area contributed by atoms with Crippen molar-refractivity contribution in [3.05, 3.63) is 120 Å². The zero-order chi connectivity index (χ0) is 59.0. The number of benzene rings is 4. The van der Waals surface area contributed by atoms with Gasteiger partial charge in [-0.15, -0.1) is 0 Å². The van der Waals surface area contributed by atoms with Crippen molar-refractivity contribution in [1.82, 2.24) is 30.2 Å². The molecule has 0 aliphatic carbocycles. The van der Waals surface area contributed by atoms with Crippen LogP contribution in [0.15, 0.2) is 107 Å². The molecule has 20 heteroatoms. The number of rotatable bonds is 23. The molecule has 6 aliphatic heterocycles. The summed E-state index contributed by atoms with van der Waals surface area (Å²) in [5.74, 6) is -0.0620. The number of unbranched alkanes of at least 4 members (excludes halogenated alkanes) is 2. The molecule has 0 bridgehead atoms. The predicted octanol–water partition coefficient (Wildman–Crippen LogP) is 7.79. The molecule has 4 aromatic carbocycles. The predicted molar refractivity (Wildman–Crippen MR) is 323 cm³/mol. The Labute approximate surface area is 490 Å². The zero-order valence-corrected chi connectivity index (χ0v) is 48.6. The molecule has 84 heavy (non-hydrogen) atoms. The molecule has 4 aromatic rings. The molecular formula is C64H74N10O10. The topological polar surface area (TPSA) is 216 Å². The van der Waals surface area contributed by atoms with E-state index in [-0.39, 0.29) is 61.3 Å². The maximum Gasteiger partial charge on any atom is 0.260 e. The van der Waals surface area contributed by atoms with Gasteiger partial charge in [0.25, 0.3) is 11.8 Å². The van der Waals surface area contributed by atoms with Crippen molar-refractivity contribution in [2.24, 2.45) is 15.9 Å². The second-order valence-electron chi connectivity index (χ2n) is 22.3. The highest BCUT2D eigenvalue weighted by molar-refractivity contribution is 6.07. The fraction of sp³-hybridized carbons (Fsp3) is 0.406. The minimum absolute atomic E-state index is 0.0144. The zero-order valence-electron chi connectivity index (χ0n) is 48.6. The highest BCUT2D eigenvalue weighted by Gasteiger charge is 2.36. The van der Waals surface area contributed by atoms with Gasteiger partial charge in [0, 0.05) is 119 Å². The Hall–Kier alpha value is -8.78. The third-order valence-electron chi connectivity index (χ3n) is 16.1. The van der Waals surface area contributed by atoms with Crippen LogP contribution in [-0.4, -0.2) is 165 Å². The third kappa shape index (κ3) is 13.3. The summed E-state index contributed by atoms with van der Waals surface area (Å²) < 4.78 is 23.8. The molecule has 10 rings (SSSR count). The van der Waals surface area contributed by atoms with Gasteiger partial charge >= 0.3 is 0 Å². The molecule has 440 valence electrons. The highest BCUT2D eigenvalue weighted by Crippen LogP contribution is 2.42. The summed E-state index contributed by atoms with van der Waals surface area (Å²) in [5, 5.41) is 8.44. The number of nitrogens with one attached hydrogen (secondary N) is 3. The van der Waals surface area contributed by atoms with Crippen LogP contribution in [0.3, 0.4) is 0 Å². The lowest BCUT2D eigenvalue weighted by Crippen LogP contribution is -2.53. The Kier molecular flexibility index (Phi) is 18.2. The number of carbonyl (C=O) groups is 6. The molecule has 6 aliphatic rings. The molecule has 3 N–H and O–H groups in total. The number of anilines is 2. The largest absolute Gasteiger partial charge is 0.493 e. The fourth-order valence-electron chi connectivity index (χ4n) is 11.1.